The molecule has 0 saturated carbocycles. The summed E-state index contributed by atoms with van der Waals surface area (Å²) >= 11 is 0. The van der Waals surface area contributed by atoms with Crippen LogP contribution in [-0.4, -0.2) is 15.7 Å². The van der Waals surface area contributed by atoms with Gasteiger partial charge in [0.15, 0.2) is 0 Å². The van der Waals surface area contributed by atoms with Gasteiger partial charge in [-0.3, -0.25) is 9.48 Å². The fourth-order valence-corrected chi connectivity index (χ4v) is 2.57. The number of carbonyl (C=O) groups is 1. The number of nitrogens with zero attached hydrogens (tertiary/aromatic N) is 2. The lowest BCUT2D eigenvalue weighted by Gasteiger charge is -2.10. The number of carbonyl (C=O) groups excluding carboxylic acids is 1. The second-order valence-corrected chi connectivity index (χ2v) is 5.58. The molecule has 1 aromatic heterocycles. The van der Waals surface area contributed by atoms with Crippen molar-refractivity contribution in [1.29, 1.82) is 0 Å². The van der Waals surface area contributed by atoms with Gasteiger partial charge in [-0.25, -0.2) is 0 Å². The average Bonchev–Trinajstić information content (AvgIpc) is 3.06. The molecule has 0 atom stereocenters. The Hall–Kier alpha value is -3.14. The Balaban J connectivity index is 2.02. The highest BCUT2D eigenvalue weighted by Gasteiger charge is 2.08. The maximum atomic E-state index is 11.5. The molecule has 0 fully saturated rings. The van der Waals surface area contributed by atoms with E-state index >= 15 is 0 Å². The fraction of sp³-hybridized carbons (Fsp3) is 0.100. The molecule has 3 rings (SSSR count). The highest BCUT2D eigenvalue weighted by atomic mass is 16.1. The van der Waals surface area contributed by atoms with E-state index in [0.717, 1.165) is 27.9 Å². The molecule has 4 heteroatoms. The number of benzene rings is 2. The van der Waals surface area contributed by atoms with E-state index in [1.807, 2.05) is 37.5 Å². The molecule has 24 heavy (non-hydrogen) atoms. The molecular weight excluding hydrogens is 298 g/mol. The van der Waals surface area contributed by atoms with Gasteiger partial charge in [0.1, 0.15) is 0 Å². The van der Waals surface area contributed by atoms with Crippen LogP contribution in [0.5, 0.6) is 0 Å². The van der Waals surface area contributed by atoms with Crippen molar-refractivity contribution in [3.8, 4) is 22.4 Å². The van der Waals surface area contributed by atoms with Crippen LogP contribution in [0.1, 0.15) is 5.56 Å². The lowest BCUT2D eigenvalue weighted by molar-refractivity contribution is -0.116. The van der Waals surface area contributed by atoms with Crippen molar-refractivity contribution in [2.45, 2.75) is 6.54 Å². The molecule has 0 aliphatic rings. The van der Waals surface area contributed by atoms with Crippen molar-refractivity contribution in [3.05, 3.63) is 79.0 Å². The first kappa shape index (κ1) is 15.7. The third-order valence-electron chi connectivity index (χ3n) is 3.76. The van der Waals surface area contributed by atoms with Crippen LogP contribution in [0, 0.1) is 0 Å². The van der Waals surface area contributed by atoms with E-state index in [-0.39, 0.29) is 5.91 Å². The summed E-state index contributed by atoms with van der Waals surface area (Å²) in [6.45, 7) is 3.93. The van der Waals surface area contributed by atoms with Gasteiger partial charge in [0.05, 0.1) is 5.69 Å². The molecule has 1 N–H and O–H groups in total. The monoisotopic (exact) mass is 317 g/mol. The molecule has 3 aromatic rings. The van der Waals surface area contributed by atoms with Crippen LogP contribution in [0.2, 0.25) is 0 Å². The number of rotatable bonds is 5. The summed E-state index contributed by atoms with van der Waals surface area (Å²) < 4.78 is 1.78. The van der Waals surface area contributed by atoms with Crippen molar-refractivity contribution < 1.29 is 4.79 Å². The van der Waals surface area contributed by atoms with Crippen LogP contribution in [0.4, 0.5) is 0 Å². The molecule has 0 radical (unpaired) electrons. The summed E-state index contributed by atoms with van der Waals surface area (Å²) in [5.74, 6) is -0.181. The normalized spacial score (nSPS) is 10.4. The molecule has 4 nitrogen and oxygen atoms in total. The number of aryl methyl sites for hydroxylation is 1. The summed E-state index contributed by atoms with van der Waals surface area (Å²) in [5.41, 5.74) is 5.19. The van der Waals surface area contributed by atoms with Crippen LogP contribution in [0.25, 0.3) is 22.4 Å². The Morgan fingerprint density at radius 2 is 1.88 bits per heavy atom. The number of hydrogen-bond acceptors (Lipinski definition) is 2. The highest BCUT2D eigenvalue weighted by Crippen LogP contribution is 2.27. The van der Waals surface area contributed by atoms with Gasteiger partial charge in [0.25, 0.3) is 0 Å². The second kappa shape index (κ2) is 6.96. The van der Waals surface area contributed by atoms with E-state index in [4.69, 9.17) is 0 Å². The first-order chi connectivity index (χ1) is 11.7. The van der Waals surface area contributed by atoms with E-state index in [1.54, 1.807) is 4.68 Å². The number of nitrogens with one attached hydrogen (secondary N) is 1. The first-order valence-electron chi connectivity index (χ1n) is 7.75. The van der Waals surface area contributed by atoms with Crippen LogP contribution in [0.3, 0.4) is 0 Å². The van der Waals surface area contributed by atoms with Crippen LogP contribution in [-0.2, 0) is 18.4 Å². The quantitative estimate of drug-likeness (QED) is 0.731. The minimum Gasteiger partial charge on any atom is -0.348 e. The zero-order valence-electron chi connectivity index (χ0n) is 13.6. The van der Waals surface area contributed by atoms with Crippen molar-refractivity contribution in [2.75, 3.05) is 0 Å². The third-order valence-corrected chi connectivity index (χ3v) is 3.76. The smallest absolute Gasteiger partial charge is 0.243 e. The largest absolute Gasteiger partial charge is 0.348 e. The van der Waals surface area contributed by atoms with Crippen LogP contribution >= 0.6 is 0 Å². The van der Waals surface area contributed by atoms with Crippen molar-refractivity contribution >= 4 is 5.91 Å². The van der Waals surface area contributed by atoms with Crippen LogP contribution in [0.15, 0.2) is 73.4 Å². The molecule has 0 unspecified atom stereocenters. The predicted octanol–water partition coefficient (Wildman–Crippen LogP) is 3.56. The van der Waals surface area contributed by atoms with E-state index < -0.39 is 0 Å². The maximum absolute atomic E-state index is 11.5. The Morgan fingerprint density at radius 3 is 2.54 bits per heavy atom. The Kier molecular flexibility index (Phi) is 4.57. The Morgan fingerprint density at radius 1 is 1.12 bits per heavy atom. The van der Waals surface area contributed by atoms with Crippen molar-refractivity contribution in [3.63, 3.8) is 0 Å². The van der Waals surface area contributed by atoms with Gasteiger partial charge in [0.2, 0.25) is 5.91 Å². The molecule has 0 aliphatic heterocycles. The maximum Gasteiger partial charge on any atom is 0.243 e. The van der Waals surface area contributed by atoms with Gasteiger partial charge in [-0.1, -0.05) is 36.9 Å². The number of amides is 1. The summed E-state index contributed by atoms with van der Waals surface area (Å²) in [4.78, 5) is 11.5. The molecular formula is C20H19N3O. The number of aromatic nitrogens is 2. The second-order valence-electron chi connectivity index (χ2n) is 5.58. The Labute approximate surface area is 141 Å². The van der Waals surface area contributed by atoms with Crippen molar-refractivity contribution in [2.24, 2.45) is 7.05 Å². The lowest BCUT2D eigenvalue weighted by atomic mass is 9.98. The van der Waals surface area contributed by atoms with Gasteiger partial charge >= 0.3 is 0 Å². The molecule has 2 aromatic carbocycles. The van der Waals surface area contributed by atoms with Gasteiger partial charge in [-0.15, -0.1) is 0 Å². The predicted molar refractivity (Wildman–Crippen MR) is 96.1 cm³/mol. The SMILES string of the molecule is C=CC(=O)NCc1cc(-c2ccccc2)cc(-c2ccn(C)n2)c1. The molecule has 0 spiro atoms. The Bertz CT molecular complexity index is 866. The first-order valence-corrected chi connectivity index (χ1v) is 7.75. The zero-order valence-corrected chi connectivity index (χ0v) is 13.6. The standard InChI is InChI=1S/C20H19N3O/c1-3-20(24)21-14-15-11-17(16-7-5-4-6-8-16)13-18(12-15)19-9-10-23(2)22-19/h3-13H,1,14H2,2H3,(H,21,24). The summed E-state index contributed by atoms with van der Waals surface area (Å²) in [7, 11) is 1.90. The van der Waals surface area contributed by atoms with Gasteiger partial charge in [0, 0.05) is 25.4 Å². The molecule has 0 saturated heterocycles. The topological polar surface area (TPSA) is 46.9 Å². The minimum atomic E-state index is -0.181. The molecule has 1 heterocycles. The highest BCUT2D eigenvalue weighted by molar-refractivity contribution is 5.86. The van der Waals surface area contributed by atoms with Gasteiger partial charge in [-0.05, 0) is 47.0 Å². The van der Waals surface area contributed by atoms with Crippen molar-refractivity contribution in [1.82, 2.24) is 15.1 Å². The molecule has 0 aliphatic carbocycles. The van der Waals surface area contributed by atoms with Crippen LogP contribution < -0.4 is 5.32 Å². The van der Waals surface area contributed by atoms with Gasteiger partial charge in [-0.2, -0.15) is 5.10 Å². The zero-order chi connectivity index (χ0) is 16.9. The van der Waals surface area contributed by atoms with E-state index in [0.29, 0.717) is 6.54 Å². The third kappa shape index (κ3) is 3.60. The molecule has 120 valence electrons. The minimum absolute atomic E-state index is 0.181. The van der Waals surface area contributed by atoms with E-state index in [2.05, 4.69) is 47.3 Å². The average molecular weight is 317 g/mol. The lowest BCUT2D eigenvalue weighted by Crippen LogP contribution is -2.19. The summed E-state index contributed by atoms with van der Waals surface area (Å²) in [5, 5.41) is 7.31. The van der Waals surface area contributed by atoms with Gasteiger partial charge < -0.3 is 5.32 Å². The summed E-state index contributed by atoms with van der Waals surface area (Å²) in [6, 6.07) is 18.4. The molecule has 0 bridgehead atoms. The van der Waals surface area contributed by atoms with E-state index in [1.165, 1.54) is 6.08 Å². The summed E-state index contributed by atoms with van der Waals surface area (Å²) in [6.07, 6.45) is 3.20. The molecule has 1 amide bonds. The fourth-order valence-electron chi connectivity index (χ4n) is 2.57. The van der Waals surface area contributed by atoms with E-state index in [9.17, 15) is 4.79 Å². The number of hydrogen-bond donors (Lipinski definition) is 1.